The molecule has 1 fully saturated rings. The molecule has 3 atom stereocenters. The third-order valence-corrected chi connectivity index (χ3v) is 6.24. The maximum absolute atomic E-state index is 11.9. The Balaban J connectivity index is 1.55. The van der Waals surface area contributed by atoms with Crippen LogP contribution in [0.1, 0.15) is 68.1 Å². The van der Waals surface area contributed by atoms with Crippen molar-refractivity contribution in [3.8, 4) is 0 Å². The number of hydrogen-bond acceptors (Lipinski definition) is 5. The smallest absolute Gasteiger partial charge is 0.407 e. The lowest BCUT2D eigenvalue weighted by Crippen LogP contribution is -2.41. The van der Waals surface area contributed by atoms with E-state index in [0.29, 0.717) is 19.1 Å². The molecule has 1 aromatic rings. The Morgan fingerprint density at radius 1 is 1.36 bits per heavy atom. The fourth-order valence-electron chi connectivity index (χ4n) is 4.38. The van der Waals surface area contributed by atoms with E-state index in [1.165, 1.54) is 16.7 Å². The van der Waals surface area contributed by atoms with Gasteiger partial charge in [-0.3, -0.25) is 4.52 Å². The first-order valence-corrected chi connectivity index (χ1v) is 11.1. The molecule has 2 aliphatic carbocycles. The monoisotopic (exact) mass is 406 g/mol. The lowest BCUT2D eigenvalue weighted by atomic mass is 9.85. The van der Waals surface area contributed by atoms with Crippen molar-refractivity contribution in [2.75, 3.05) is 13.2 Å². The summed E-state index contributed by atoms with van der Waals surface area (Å²) in [6, 6.07) is 6.67. The van der Waals surface area contributed by atoms with Crippen LogP contribution in [0.3, 0.4) is 0 Å². The molecule has 2 aliphatic rings. The number of benzene rings is 1. The van der Waals surface area contributed by atoms with Gasteiger partial charge in [0.05, 0.1) is 6.61 Å². The van der Waals surface area contributed by atoms with Crippen molar-refractivity contribution in [2.24, 2.45) is 5.73 Å². The van der Waals surface area contributed by atoms with Crippen molar-refractivity contribution in [3.05, 3.63) is 34.9 Å². The van der Waals surface area contributed by atoms with Crippen LogP contribution in [0.15, 0.2) is 18.2 Å². The average molecular weight is 406 g/mol. The molecule has 28 heavy (non-hydrogen) atoms. The van der Waals surface area contributed by atoms with Gasteiger partial charge in [-0.1, -0.05) is 31.5 Å². The summed E-state index contributed by atoms with van der Waals surface area (Å²) in [5.74, 6) is 0.417. The molecule has 3 rings (SSSR count). The van der Waals surface area contributed by atoms with Gasteiger partial charge in [0.2, 0.25) is 0 Å². The van der Waals surface area contributed by atoms with Crippen LogP contribution in [-0.2, 0) is 26.7 Å². The Hall–Kier alpha value is -1.49. The van der Waals surface area contributed by atoms with E-state index >= 15 is 0 Å². The van der Waals surface area contributed by atoms with Gasteiger partial charge < -0.3 is 15.8 Å². The molecule has 1 saturated carbocycles. The SMILES string of the molecule is CCCCNC(=O)OC1CCc2cc([C@H]3CC[C@@](N)(COP=O)C3)ccc2C1. The number of nitrogens with two attached hydrogens (primary N) is 1. The topological polar surface area (TPSA) is 90.7 Å². The van der Waals surface area contributed by atoms with E-state index in [4.69, 9.17) is 15.0 Å². The molecule has 1 amide bonds. The zero-order valence-corrected chi connectivity index (χ0v) is 17.5. The van der Waals surface area contributed by atoms with Crippen LogP contribution < -0.4 is 11.1 Å². The van der Waals surface area contributed by atoms with Gasteiger partial charge in [-0.15, -0.1) is 0 Å². The number of ether oxygens (including phenoxy) is 1. The van der Waals surface area contributed by atoms with E-state index < -0.39 is 0 Å². The zero-order valence-electron chi connectivity index (χ0n) is 16.6. The highest BCUT2D eigenvalue weighted by Crippen LogP contribution is 2.41. The number of fused-ring (bicyclic) bond motifs is 1. The number of carbonyl (C=O) groups excluding carboxylic acids is 1. The fraction of sp³-hybridized carbons (Fsp3) is 0.667. The molecule has 7 heteroatoms. The fourth-order valence-corrected chi connectivity index (χ4v) is 4.69. The average Bonchev–Trinajstić information content (AvgIpc) is 3.09. The highest BCUT2D eigenvalue weighted by atomic mass is 31.1. The number of aryl methyl sites for hydroxylation is 1. The third kappa shape index (κ3) is 5.53. The number of nitrogens with one attached hydrogen (secondary N) is 1. The van der Waals surface area contributed by atoms with Crippen molar-refractivity contribution in [2.45, 2.75) is 75.9 Å². The summed E-state index contributed by atoms with van der Waals surface area (Å²) in [4.78, 5) is 11.9. The quantitative estimate of drug-likeness (QED) is 0.497. The van der Waals surface area contributed by atoms with Gasteiger partial charge in [-0.25, -0.2) is 9.36 Å². The minimum absolute atomic E-state index is 0.0495. The van der Waals surface area contributed by atoms with Crippen LogP contribution in [-0.4, -0.2) is 30.9 Å². The van der Waals surface area contributed by atoms with E-state index in [1.54, 1.807) is 0 Å². The van der Waals surface area contributed by atoms with Crippen LogP contribution in [0.4, 0.5) is 4.79 Å². The summed E-state index contributed by atoms with van der Waals surface area (Å²) in [6.45, 7) is 3.10. The minimum atomic E-state index is -0.387. The summed E-state index contributed by atoms with van der Waals surface area (Å²) in [5, 5.41) is 2.82. The molecule has 3 N–H and O–H groups in total. The van der Waals surface area contributed by atoms with Crippen molar-refractivity contribution in [1.29, 1.82) is 0 Å². The first-order chi connectivity index (χ1) is 13.5. The summed E-state index contributed by atoms with van der Waals surface area (Å²) in [6.07, 6.45) is 7.00. The second-order valence-corrected chi connectivity index (χ2v) is 8.64. The first-order valence-electron chi connectivity index (χ1n) is 10.3. The maximum atomic E-state index is 11.9. The van der Waals surface area contributed by atoms with Gasteiger partial charge in [0.1, 0.15) is 6.10 Å². The lowest BCUT2D eigenvalue weighted by Gasteiger charge is -2.26. The molecule has 0 radical (unpaired) electrons. The molecule has 154 valence electrons. The van der Waals surface area contributed by atoms with E-state index in [2.05, 4.69) is 30.4 Å². The summed E-state index contributed by atoms with van der Waals surface area (Å²) >= 11 is 0. The number of alkyl carbamates (subject to hydrolysis) is 1. The maximum Gasteiger partial charge on any atom is 0.407 e. The molecule has 1 unspecified atom stereocenters. The van der Waals surface area contributed by atoms with E-state index in [-0.39, 0.29) is 26.4 Å². The summed E-state index contributed by atoms with van der Waals surface area (Å²) < 4.78 is 21.2. The summed E-state index contributed by atoms with van der Waals surface area (Å²) in [7, 11) is -0.303. The Kier molecular flexibility index (Phi) is 7.44. The van der Waals surface area contributed by atoms with E-state index in [1.807, 2.05) is 0 Å². The molecule has 0 bridgehead atoms. The molecule has 0 saturated heterocycles. The van der Waals surface area contributed by atoms with Gasteiger partial charge >= 0.3 is 14.8 Å². The van der Waals surface area contributed by atoms with E-state index in [0.717, 1.165) is 51.4 Å². The summed E-state index contributed by atoms with van der Waals surface area (Å²) in [5.41, 5.74) is 9.96. The molecule has 6 nitrogen and oxygen atoms in total. The van der Waals surface area contributed by atoms with Crippen LogP contribution in [0.25, 0.3) is 0 Å². The largest absolute Gasteiger partial charge is 0.446 e. The molecule has 0 aliphatic heterocycles. The molecular formula is C21H31N2O4P. The second kappa shape index (κ2) is 9.82. The molecule has 0 spiro atoms. The standard InChI is InChI=1S/C21H31N2O4P/c1-2-3-10-23-20(24)27-19-7-6-15-11-16(4-5-17(15)12-19)18-8-9-21(22,13-18)14-26-28-25/h4-5,11,18-19H,2-3,6-10,12-14,22H2,1H3,(H,23,24)/t18-,19?,21-/m0/s1. The van der Waals surface area contributed by atoms with Crippen LogP contribution >= 0.6 is 8.69 Å². The highest BCUT2D eigenvalue weighted by molar-refractivity contribution is 7.17. The van der Waals surface area contributed by atoms with Crippen molar-refractivity contribution < 1.29 is 18.6 Å². The third-order valence-electron chi connectivity index (χ3n) is 6.01. The number of hydrogen-bond donors (Lipinski definition) is 2. The zero-order chi connectivity index (χ0) is 20.0. The Morgan fingerprint density at radius 3 is 3.00 bits per heavy atom. The van der Waals surface area contributed by atoms with Crippen molar-refractivity contribution in [1.82, 2.24) is 5.32 Å². The molecule has 0 aromatic heterocycles. The first kappa shape index (κ1) is 21.2. The van der Waals surface area contributed by atoms with Crippen molar-refractivity contribution in [3.63, 3.8) is 0 Å². The number of carbonyl (C=O) groups is 1. The number of rotatable bonds is 8. The van der Waals surface area contributed by atoms with Gasteiger partial charge in [-0.05, 0) is 61.1 Å². The van der Waals surface area contributed by atoms with E-state index in [9.17, 15) is 9.36 Å². The van der Waals surface area contributed by atoms with Crippen LogP contribution in [0, 0.1) is 0 Å². The molecular weight excluding hydrogens is 375 g/mol. The lowest BCUT2D eigenvalue weighted by molar-refractivity contribution is 0.0895. The predicted octanol–water partition coefficient (Wildman–Crippen LogP) is 4.26. The Labute approximate surface area is 168 Å². The molecule has 0 heterocycles. The normalized spacial score (nSPS) is 26.8. The number of amides is 1. The Bertz CT molecular complexity index is 699. The Morgan fingerprint density at radius 2 is 2.21 bits per heavy atom. The van der Waals surface area contributed by atoms with Crippen LogP contribution in [0.2, 0.25) is 0 Å². The second-order valence-electron chi connectivity index (χ2n) is 8.23. The van der Waals surface area contributed by atoms with Crippen LogP contribution in [0.5, 0.6) is 0 Å². The highest BCUT2D eigenvalue weighted by Gasteiger charge is 2.37. The van der Waals surface area contributed by atoms with Gasteiger partial charge in [0, 0.05) is 18.5 Å². The minimum Gasteiger partial charge on any atom is -0.446 e. The van der Waals surface area contributed by atoms with Gasteiger partial charge in [-0.2, -0.15) is 0 Å². The number of unbranched alkanes of at least 4 members (excludes halogenated alkanes) is 1. The van der Waals surface area contributed by atoms with Crippen molar-refractivity contribution >= 4 is 14.8 Å². The van der Waals surface area contributed by atoms with Gasteiger partial charge in [0.25, 0.3) is 0 Å². The van der Waals surface area contributed by atoms with Gasteiger partial charge in [0.15, 0.2) is 0 Å². The molecule has 1 aromatic carbocycles. The predicted molar refractivity (Wildman–Crippen MR) is 109 cm³/mol.